The summed E-state index contributed by atoms with van der Waals surface area (Å²) in [5.41, 5.74) is 0.687. The summed E-state index contributed by atoms with van der Waals surface area (Å²) in [6, 6.07) is 0. The first-order chi connectivity index (χ1) is 15.1. The number of nitrogens with zero attached hydrogens (tertiary/aromatic N) is 2. The number of carboxylic acid groups (broad SMARTS) is 2. The van der Waals surface area contributed by atoms with Gasteiger partial charge in [-0.15, -0.1) is 0 Å². The molecule has 32 heavy (non-hydrogen) atoms. The van der Waals surface area contributed by atoms with Gasteiger partial charge in [-0.05, 0) is 12.8 Å². The molecule has 2 heterocycles. The number of carbonyl (C=O) groups is 2. The van der Waals surface area contributed by atoms with Crippen LogP contribution in [0.5, 0.6) is 0 Å². The van der Waals surface area contributed by atoms with E-state index in [0.29, 0.717) is 5.70 Å². The van der Waals surface area contributed by atoms with Crippen LogP contribution in [0.15, 0.2) is 23.0 Å². The molecular formula is C20H32N2O10. The van der Waals surface area contributed by atoms with Crippen LogP contribution in [0.4, 0.5) is 0 Å². The Morgan fingerprint density at radius 3 is 2.19 bits per heavy atom. The zero-order valence-corrected chi connectivity index (χ0v) is 17.6. The van der Waals surface area contributed by atoms with E-state index < -0.39 is 49.1 Å². The van der Waals surface area contributed by atoms with E-state index in [2.05, 4.69) is 0 Å². The van der Waals surface area contributed by atoms with E-state index in [-0.39, 0.29) is 63.0 Å². The molecule has 2 rings (SSSR count). The van der Waals surface area contributed by atoms with Crippen molar-refractivity contribution in [2.24, 2.45) is 0 Å². The normalized spacial score (nSPS) is 24.0. The second kappa shape index (κ2) is 11.6. The molecule has 182 valence electrons. The van der Waals surface area contributed by atoms with Crippen LogP contribution >= 0.6 is 0 Å². The Hall–Kier alpha value is -2.22. The second-order valence-electron chi connectivity index (χ2n) is 8.05. The maximum absolute atomic E-state index is 10.9. The molecule has 0 spiro atoms. The molecule has 2 aliphatic rings. The lowest BCUT2D eigenvalue weighted by Gasteiger charge is -2.45. The smallest absolute Gasteiger partial charge is 0.303 e. The van der Waals surface area contributed by atoms with Gasteiger partial charge in [0.25, 0.3) is 0 Å². The zero-order chi connectivity index (χ0) is 24.0. The second-order valence-corrected chi connectivity index (χ2v) is 8.05. The van der Waals surface area contributed by atoms with E-state index in [1.807, 2.05) is 0 Å². The van der Waals surface area contributed by atoms with Crippen molar-refractivity contribution in [1.29, 1.82) is 0 Å². The van der Waals surface area contributed by atoms with Crippen LogP contribution in [0, 0.1) is 0 Å². The first-order valence-electron chi connectivity index (χ1n) is 10.5. The van der Waals surface area contributed by atoms with Crippen LogP contribution in [0.3, 0.4) is 0 Å². The average molecular weight is 460 g/mol. The molecule has 0 aromatic rings. The van der Waals surface area contributed by atoms with Gasteiger partial charge in [0.2, 0.25) is 0 Å². The maximum Gasteiger partial charge on any atom is 0.303 e. The lowest BCUT2D eigenvalue weighted by atomic mass is 9.84. The van der Waals surface area contributed by atoms with Crippen LogP contribution in [0.1, 0.15) is 25.7 Å². The Kier molecular flexibility index (Phi) is 9.43. The lowest BCUT2D eigenvalue weighted by molar-refractivity contribution is -0.138. The Bertz CT molecular complexity index is 740. The first-order valence-corrected chi connectivity index (χ1v) is 10.5. The average Bonchev–Trinajstić information content (AvgIpc) is 2.74. The summed E-state index contributed by atoms with van der Waals surface area (Å²) in [5, 5.41) is 78.7. The minimum absolute atomic E-state index is 0.0216. The SMILES string of the molecule is O=C(O)CCCN1C=C([C@@H](O)[C@H](O)[C@H](O)CO)C2=C(C1)N(CCCC(=O)O)C[C@@H](O)[C@H]2O. The van der Waals surface area contributed by atoms with E-state index in [1.165, 1.54) is 6.20 Å². The summed E-state index contributed by atoms with van der Waals surface area (Å²) in [6.45, 7) is -0.0523. The summed E-state index contributed by atoms with van der Waals surface area (Å²) >= 11 is 0. The summed E-state index contributed by atoms with van der Waals surface area (Å²) < 4.78 is 0. The van der Waals surface area contributed by atoms with Gasteiger partial charge in [0.15, 0.2) is 0 Å². The highest BCUT2D eigenvalue weighted by atomic mass is 16.4. The number of aliphatic hydroxyl groups excluding tert-OH is 6. The van der Waals surface area contributed by atoms with Crippen molar-refractivity contribution in [2.45, 2.75) is 56.2 Å². The molecule has 0 bridgehead atoms. The fraction of sp³-hybridized carbons (Fsp3) is 0.700. The lowest BCUT2D eigenvalue weighted by Crippen LogP contribution is -2.52. The quantitative estimate of drug-likeness (QED) is 0.150. The Morgan fingerprint density at radius 2 is 1.62 bits per heavy atom. The fourth-order valence-electron chi connectivity index (χ4n) is 3.96. The Balaban J connectivity index is 2.39. The zero-order valence-electron chi connectivity index (χ0n) is 17.6. The van der Waals surface area contributed by atoms with Crippen molar-refractivity contribution < 1.29 is 50.4 Å². The van der Waals surface area contributed by atoms with Crippen LogP contribution in [-0.2, 0) is 9.59 Å². The van der Waals surface area contributed by atoms with Crippen molar-refractivity contribution in [3.05, 3.63) is 23.0 Å². The molecule has 12 heteroatoms. The third-order valence-corrected chi connectivity index (χ3v) is 5.62. The van der Waals surface area contributed by atoms with Gasteiger partial charge in [-0.25, -0.2) is 0 Å². The van der Waals surface area contributed by atoms with Gasteiger partial charge in [-0.1, -0.05) is 0 Å². The number of β-amino-alcohol motifs (C(OH)–C–C–N with tert-alkyl or cyclic N) is 1. The molecule has 0 fully saturated rings. The Morgan fingerprint density at radius 1 is 1.03 bits per heavy atom. The molecule has 0 radical (unpaired) electrons. The predicted octanol–water partition coefficient (Wildman–Crippen LogP) is -2.72. The van der Waals surface area contributed by atoms with E-state index in [1.54, 1.807) is 9.80 Å². The summed E-state index contributed by atoms with van der Waals surface area (Å²) in [6.07, 6.45) is -6.02. The molecule has 0 aliphatic carbocycles. The number of carboxylic acids is 2. The van der Waals surface area contributed by atoms with Crippen molar-refractivity contribution in [1.82, 2.24) is 9.80 Å². The van der Waals surface area contributed by atoms with Gasteiger partial charge in [0, 0.05) is 55.5 Å². The largest absolute Gasteiger partial charge is 0.481 e. The topological polar surface area (TPSA) is 202 Å². The third-order valence-electron chi connectivity index (χ3n) is 5.62. The number of hydrogen-bond donors (Lipinski definition) is 8. The van der Waals surface area contributed by atoms with Gasteiger partial charge >= 0.3 is 11.9 Å². The van der Waals surface area contributed by atoms with Crippen molar-refractivity contribution in [3.8, 4) is 0 Å². The summed E-state index contributed by atoms with van der Waals surface area (Å²) in [7, 11) is 0. The van der Waals surface area contributed by atoms with Gasteiger partial charge in [-0.2, -0.15) is 0 Å². The molecule has 2 aliphatic heterocycles. The predicted molar refractivity (Wildman–Crippen MR) is 109 cm³/mol. The van der Waals surface area contributed by atoms with Crippen LogP contribution in [0.2, 0.25) is 0 Å². The fourth-order valence-corrected chi connectivity index (χ4v) is 3.96. The molecule has 8 N–H and O–H groups in total. The molecule has 12 nitrogen and oxygen atoms in total. The van der Waals surface area contributed by atoms with Crippen LogP contribution in [0.25, 0.3) is 0 Å². The summed E-state index contributed by atoms with van der Waals surface area (Å²) in [5.74, 6) is -1.95. The standard InChI is InChI=1S/C20H32N2O10/c23-10-14(25)20(32)18(30)11-7-21(5-1-3-15(26)27)8-12-17(11)19(31)13(24)9-22(12)6-2-4-16(28)29/h7,13-14,18-20,23-25,30-32H,1-6,8-10H2,(H,26,27)(H,28,29)/t13-,14-,18-,19-,20-/m1/s1. The Labute approximate surface area is 184 Å². The van der Waals surface area contributed by atoms with Crippen molar-refractivity contribution in [3.63, 3.8) is 0 Å². The van der Waals surface area contributed by atoms with Crippen molar-refractivity contribution >= 4 is 11.9 Å². The highest BCUT2D eigenvalue weighted by Gasteiger charge is 2.41. The van der Waals surface area contributed by atoms with E-state index >= 15 is 0 Å². The molecule has 0 saturated heterocycles. The van der Waals surface area contributed by atoms with Crippen LogP contribution < -0.4 is 0 Å². The minimum Gasteiger partial charge on any atom is -0.481 e. The maximum atomic E-state index is 10.9. The molecule has 0 amide bonds. The molecular weight excluding hydrogens is 428 g/mol. The number of aliphatic carboxylic acids is 2. The van der Waals surface area contributed by atoms with Crippen molar-refractivity contribution in [2.75, 3.05) is 32.8 Å². The number of rotatable bonds is 12. The number of aliphatic hydroxyl groups is 6. The van der Waals surface area contributed by atoms with E-state index in [9.17, 15) is 35.1 Å². The van der Waals surface area contributed by atoms with E-state index in [4.69, 9.17) is 15.3 Å². The number of hydrogen-bond acceptors (Lipinski definition) is 10. The molecule has 5 atom stereocenters. The third kappa shape index (κ3) is 6.40. The molecule has 0 aromatic carbocycles. The van der Waals surface area contributed by atoms with Gasteiger partial charge in [0.05, 0.1) is 13.2 Å². The van der Waals surface area contributed by atoms with Gasteiger partial charge in [0.1, 0.15) is 30.5 Å². The van der Waals surface area contributed by atoms with Gasteiger partial charge < -0.3 is 50.7 Å². The monoisotopic (exact) mass is 460 g/mol. The van der Waals surface area contributed by atoms with Crippen LogP contribution in [-0.4, -0.2) is 126 Å². The molecule has 0 saturated carbocycles. The molecule has 0 aromatic heterocycles. The van der Waals surface area contributed by atoms with E-state index in [0.717, 1.165) is 0 Å². The molecule has 0 unspecified atom stereocenters. The first kappa shape index (κ1) is 26.0. The summed E-state index contributed by atoms with van der Waals surface area (Å²) in [4.78, 5) is 25.1. The minimum atomic E-state index is -1.79. The highest BCUT2D eigenvalue weighted by molar-refractivity contribution is 5.66. The van der Waals surface area contributed by atoms with Gasteiger partial charge in [-0.3, -0.25) is 9.59 Å². The highest BCUT2D eigenvalue weighted by Crippen LogP contribution is 2.35.